The van der Waals surface area contributed by atoms with Crippen LogP contribution in [0.3, 0.4) is 0 Å². The topological polar surface area (TPSA) is 70.6 Å². The number of hydrogen-bond acceptors (Lipinski definition) is 3. The second-order valence-corrected chi connectivity index (χ2v) is 6.21. The Kier molecular flexibility index (Phi) is 4.66. The van der Waals surface area contributed by atoms with Gasteiger partial charge in [0.05, 0.1) is 0 Å². The number of fused-ring (bicyclic) bond motifs is 2. The number of anilines is 1. The van der Waals surface area contributed by atoms with Crippen molar-refractivity contribution in [2.45, 2.75) is 31.9 Å². The van der Waals surface area contributed by atoms with Crippen molar-refractivity contribution in [2.24, 2.45) is 17.8 Å². The van der Waals surface area contributed by atoms with Crippen LogP contribution in [0, 0.1) is 17.8 Å². The van der Waals surface area contributed by atoms with Crippen molar-refractivity contribution in [3.8, 4) is 5.75 Å². The number of alkyl halides is 2. The van der Waals surface area contributed by atoms with E-state index in [2.05, 4.69) is 15.4 Å². The number of aliphatic hydroxyl groups excluding tert-OH is 1. The third kappa shape index (κ3) is 3.55. The lowest BCUT2D eigenvalue weighted by Crippen LogP contribution is -2.46. The minimum absolute atomic E-state index is 0.000176. The molecule has 0 radical (unpaired) electrons. The molecule has 23 heavy (non-hydrogen) atoms. The summed E-state index contributed by atoms with van der Waals surface area (Å²) in [5.41, 5.74) is 0.493. The lowest BCUT2D eigenvalue weighted by atomic mass is 9.85. The van der Waals surface area contributed by atoms with Crippen molar-refractivity contribution in [3.05, 3.63) is 24.3 Å². The fraction of sp³-hybridized carbons (Fsp3) is 0.562. The highest BCUT2D eigenvalue weighted by molar-refractivity contribution is 5.89. The molecule has 3 rings (SSSR count). The number of hydrogen-bond donors (Lipinski definition) is 3. The van der Waals surface area contributed by atoms with Gasteiger partial charge in [0.25, 0.3) is 0 Å². The van der Waals surface area contributed by atoms with Crippen LogP contribution >= 0.6 is 0 Å². The highest BCUT2D eigenvalue weighted by Gasteiger charge is 2.47. The van der Waals surface area contributed by atoms with Crippen LogP contribution in [0.4, 0.5) is 19.3 Å². The molecular formula is C16H20F2N2O3. The summed E-state index contributed by atoms with van der Waals surface area (Å²) in [4.78, 5) is 12.1. The number of amides is 2. The van der Waals surface area contributed by atoms with Gasteiger partial charge < -0.3 is 20.5 Å². The van der Waals surface area contributed by atoms with E-state index in [1.54, 1.807) is 0 Å². The van der Waals surface area contributed by atoms with Gasteiger partial charge in [0.1, 0.15) is 5.75 Å². The molecule has 1 aromatic carbocycles. The summed E-state index contributed by atoms with van der Waals surface area (Å²) in [6, 6.07) is 5.40. The molecule has 0 heterocycles. The van der Waals surface area contributed by atoms with Gasteiger partial charge in [0.2, 0.25) is 0 Å². The van der Waals surface area contributed by atoms with Gasteiger partial charge in [0, 0.05) is 24.3 Å². The molecule has 0 spiro atoms. The van der Waals surface area contributed by atoms with E-state index in [9.17, 15) is 18.7 Å². The summed E-state index contributed by atoms with van der Waals surface area (Å²) in [5, 5.41) is 15.1. The Morgan fingerprint density at radius 2 is 1.96 bits per heavy atom. The van der Waals surface area contributed by atoms with Crippen molar-refractivity contribution in [1.82, 2.24) is 5.32 Å². The molecule has 5 nitrogen and oxygen atoms in total. The van der Waals surface area contributed by atoms with Crippen molar-refractivity contribution in [2.75, 3.05) is 11.9 Å². The third-order valence-electron chi connectivity index (χ3n) is 4.93. The zero-order chi connectivity index (χ0) is 16.4. The van der Waals surface area contributed by atoms with E-state index in [1.165, 1.54) is 24.3 Å². The summed E-state index contributed by atoms with van der Waals surface area (Å²) < 4.78 is 28.4. The average molecular weight is 326 g/mol. The van der Waals surface area contributed by atoms with Crippen LogP contribution in [0.15, 0.2) is 24.3 Å². The van der Waals surface area contributed by atoms with E-state index < -0.39 is 6.61 Å². The Morgan fingerprint density at radius 1 is 1.26 bits per heavy atom. The van der Waals surface area contributed by atoms with Crippen LogP contribution in [0.2, 0.25) is 0 Å². The summed E-state index contributed by atoms with van der Waals surface area (Å²) in [6.45, 7) is -2.78. The first-order valence-electron chi connectivity index (χ1n) is 7.80. The Morgan fingerprint density at radius 3 is 2.61 bits per heavy atom. The van der Waals surface area contributed by atoms with E-state index >= 15 is 0 Å². The van der Waals surface area contributed by atoms with Crippen LogP contribution in [-0.2, 0) is 0 Å². The first kappa shape index (κ1) is 16.0. The second kappa shape index (κ2) is 6.70. The van der Waals surface area contributed by atoms with E-state index in [1.807, 2.05) is 0 Å². The van der Waals surface area contributed by atoms with Crippen molar-refractivity contribution in [3.63, 3.8) is 0 Å². The normalized spacial score (nSPS) is 28.9. The third-order valence-corrected chi connectivity index (χ3v) is 4.93. The number of nitrogens with one attached hydrogen (secondary N) is 2. The van der Waals surface area contributed by atoms with E-state index in [4.69, 9.17) is 0 Å². The molecule has 2 saturated carbocycles. The van der Waals surface area contributed by atoms with Crippen molar-refractivity contribution < 1.29 is 23.4 Å². The van der Waals surface area contributed by atoms with Crippen LogP contribution < -0.4 is 15.4 Å². The molecular weight excluding hydrogens is 306 g/mol. The van der Waals surface area contributed by atoms with E-state index in [0.29, 0.717) is 17.5 Å². The lowest BCUT2D eigenvalue weighted by Gasteiger charge is -2.30. The number of halogens is 2. The molecule has 0 aliphatic heterocycles. The molecule has 2 fully saturated rings. The molecule has 2 bridgehead atoms. The molecule has 1 aromatic rings. The Hall–Kier alpha value is -1.89. The second-order valence-electron chi connectivity index (χ2n) is 6.21. The number of ether oxygens (including phenoxy) is 1. The van der Waals surface area contributed by atoms with Gasteiger partial charge in [-0.05, 0) is 55.4 Å². The predicted octanol–water partition coefficient (Wildman–Crippen LogP) is 2.82. The smallest absolute Gasteiger partial charge is 0.387 e. The predicted molar refractivity (Wildman–Crippen MR) is 80.4 cm³/mol. The zero-order valence-corrected chi connectivity index (χ0v) is 12.5. The van der Waals surface area contributed by atoms with Gasteiger partial charge in [-0.15, -0.1) is 0 Å². The number of carbonyl (C=O) groups is 1. The highest BCUT2D eigenvalue weighted by atomic mass is 19.3. The molecule has 4 unspecified atom stereocenters. The standard InChI is InChI=1S/C16H20F2N2O3/c17-15(18)23-12-5-3-11(4-6-12)19-16(22)20-14-10-2-1-9(7-10)13(14)8-21/h3-6,9-10,13-15,21H,1-2,7-8H2,(H2,19,20,22). The van der Waals surface area contributed by atoms with Gasteiger partial charge in [-0.3, -0.25) is 0 Å². The minimum Gasteiger partial charge on any atom is -0.435 e. The molecule has 0 aromatic heterocycles. The van der Waals surface area contributed by atoms with Gasteiger partial charge >= 0.3 is 12.6 Å². The summed E-state index contributed by atoms with van der Waals surface area (Å²) in [6.07, 6.45) is 3.28. The van der Waals surface area contributed by atoms with Gasteiger partial charge in [-0.25, -0.2) is 4.79 Å². The molecule has 3 N–H and O–H groups in total. The molecule has 4 atom stereocenters. The summed E-state index contributed by atoms with van der Waals surface area (Å²) in [7, 11) is 0. The average Bonchev–Trinajstić information content (AvgIpc) is 3.09. The Labute approximate surface area is 133 Å². The maximum atomic E-state index is 12.1. The lowest BCUT2D eigenvalue weighted by molar-refractivity contribution is -0.0498. The summed E-state index contributed by atoms with van der Waals surface area (Å²) in [5.74, 6) is 1.10. The maximum absolute atomic E-state index is 12.1. The van der Waals surface area contributed by atoms with Crippen molar-refractivity contribution in [1.29, 1.82) is 0 Å². The number of urea groups is 1. The highest BCUT2D eigenvalue weighted by Crippen LogP contribution is 2.48. The van der Waals surface area contributed by atoms with Gasteiger partial charge in [-0.1, -0.05) is 0 Å². The molecule has 126 valence electrons. The van der Waals surface area contributed by atoms with Gasteiger partial charge in [0.15, 0.2) is 0 Å². The fourth-order valence-electron chi connectivity index (χ4n) is 3.94. The Bertz CT molecular complexity index is 553. The van der Waals surface area contributed by atoms with E-state index in [0.717, 1.165) is 19.3 Å². The van der Waals surface area contributed by atoms with Gasteiger partial charge in [-0.2, -0.15) is 8.78 Å². The quantitative estimate of drug-likeness (QED) is 0.779. The largest absolute Gasteiger partial charge is 0.435 e. The molecule has 7 heteroatoms. The fourth-order valence-corrected chi connectivity index (χ4v) is 3.94. The molecule has 2 aliphatic rings. The maximum Gasteiger partial charge on any atom is 0.387 e. The minimum atomic E-state index is -2.87. The van der Waals surface area contributed by atoms with Crippen LogP contribution in [0.25, 0.3) is 0 Å². The Balaban J connectivity index is 1.55. The monoisotopic (exact) mass is 326 g/mol. The number of aliphatic hydroxyl groups is 1. The number of carbonyl (C=O) groups excluding carboxylic acids is 1. The molecule has 0 saturated heterocycles. The molecule has 2 aliphatic carbocycles. The number of benzene rings is 1. The first-order valence-corrected chi connectivity index (χ1v) is 7.80. The first-order chi connectivity index (χ1) is 11.1. The van der Waals surface area contributed by atoms with E-state index in [-0.39, 0.29) is 30.3 Å². The zero-order valence-electron chi connectivity index (χ0n) is 12.5. The molecule has 2 amide bonds. The van der Waals surface area contributed by atoms with Crippen molar-refractivity contribution >= 4 is 11.7 Å². The van der Waals surface area contributed by atoms with Crippen LogP contribution in [0.5, 0.6) is 5.75 Å². The van der Waals surface area contributed by atoms with Crippen LogP contribution in [0.1, 0.15) is 19.3 Å². The number of rotatable bonds is 5. The van der Waals surface area contributed by atoms with Crippen LogP contribution in [-0.4, -0.2) is 30.4 Å². The SMILES string of the molecule is O=C(Nc1ccc(OC(F)F)cc1)NC1C2CCC(C2)C1CO. The summed E-state index contributed by atoms with van der Waals surface area (Å²) >= 11 is 0.